The van der Waals surface area contributed by atoms with E-state index >= 15 is 0 Å². The fourth-order valence-corrected chi connectivity index (χ4v) is 2.65. The van der Waals surface area contributed by atoms with E-state index in [1.54, 1.807) is 19.1 Å². The third-order valence-corrected chi connectivity index (χ3v) is 3.97. The zero-order chi connectivity index (χ0) is 17.4. The molecular weight excluding hydrogens is 323 g/mol. The number of rotatable bonds is 3. The van der Waals surface area contributed by atoms with Gasteiger partial charge in [0, 0.05) is 17.5 Å². The molecule has 24 heavy (non-hydrogen) atoms. The highest BCUT2D eigenvalue weighted by atomic mass is 19.1. The Morgan fingerprint density at radius 1 is 1.25 bits per heavy atom. The van der Waals surface area contributed by atoms with E-state index in [9.17, 15) is 19.4 Å². The van der Waals surface area contributed by atoms with Gasteiger partial charge in [-0.15, -0.1) is 0 Å². The Bertz CT molecular complexity index is 788. The van der Waals surface area contributed by atoms with Crippen LogP contribution in [0.4, 0.5) is 4.39 Å². The van der Waals surface area contributed by atoms with Crippen molar-refractivity contribution in [1.82, 2.24) is 0 Å². The molecule has 0 radical (unpaired) electrons. The first-order chi connectivity index (χ1) is 11.4. The van der Waals surface area contributed by atoms with Crippen molar-refractivity contribution < 1.29 is 33.6 Å². The first-order valence-electron chi connectivity index (χ1n) is 7.38. The number of alkyl halides is 1. The van der Waals surface area contributed by atoms with Crippen molar-refractivity contribution in [3.05, 3.63) is 40.2 Å². The lowest BCUT2D eigenvalue weighted by atomic mass is 10.0. The molecule has 1 fully saturated rings. The molecular formula is C16H17FO7. The van der Waals surface area contributed by atoms with Crippen LogP contribution < -0.4 is 10.4 Å². The number of aliphatic hydroxyl groups is 3. The number of ether oxygens (including phenoxy) is 2. The van der Waals surface area contributed by atoms with Crippen molar-refractivity contribution in [2.45, 2.75) is 37.7 Å². The monoisotopic (exact) mass is 340 g/mol. The number of fused-ring (bicyclic) bond motifs is 1. The van der Waals surface area contributed by atoms with Crippen LogP contribution in [0.5, 0.6) is 5.75 Å². The normalized spacial score (nSPS) is 30.5. The van der Waals surface area contributed by atoms with Gasteiger partial charge in [0.05, 0.1) is 6.61 Å². The molecule has 3 N–H and O–H groups in total. The molecule has 7 nitrogen and oxygen atoms in total. The summed E-state index contributed by atoms with van der Waals surface area (Å²) >= 11 is 0. The lowest BCUT2D eigenvalue weighted by Crippen LogP contribution is -2.58. The van der Waals surface area contributed by atoms with Gasteiger partial charge in [0.2, 0.25) is 6.29 Å². The van der Waals surface area contributed by atoms with Crippen LogP contribution in [0.15, 0.2) is 33.5 Å². The zero-order valence-corrected chi connectivity index (χ0v) is 12.8. The third kappa shape index (κ3) is 3.01. The van der Waals surface area contributed by atoms with Gasteiger partial charge >= 0.3 is 5.63 Å². The summed E-state index contributed by atoms with van der Waals surface area (Å²) in [5, 5.41) is 29.4. The number of benzene rings is 1. The topological polar surface area (TPSA) is 109 Å². The van der Waals surface area contributed by atoms with Crippen LogP contribution >= 0.6 is 0 Å². The smallest absolute Gasteiger partial charge is 0.336 e. The molecule has 0 unspecified atom stereocenters. The van der Waals surface area contributed by atoms with Gasteiger partial charge in [-0.1, -0.05) is 0 Å². The summed E-state index contributed by atoms with van der Waals surface area (Å²) < 4.78 is 29.4. The molecule has 1 aliphatic heterocycles. The fraction of sp³-hybridized carbons (Fsp3) is 0.438. The second kappa shape index (κ2) is 6.48. The van der Waals surface area contributed by atoms with Crippen LogP contribution in [0.2, 0.25) is 0 Å². The molecule has 2 heterocycles. The molecule has 8 heteroatoms. The average molecular weight is 340 g/mol. The molecule has 0 aliphatic carbocycles. The highest BCUT2D eigenvalue weighted by molar-refractivity contribution is 5.81. The third-order valence-electron chi connectivity index (χ3n) is 3.97. The van der Waals surface area contributed by atoms with E-state index in [4.69, 9.17) is 19.0 Å². The van der Waals surface area contributed by atoms with Crippen LogP contribution in [-0.2, 0) is 4.74 Å². The number of aryl methyl sites for hydroxylation is 1. The predicted molar refractivity (Wildman–Crippen MR) is 80.5 cm³/mol. The summed E-state index contributed by atoms with van der Waals surface area (Å²) in [5.41, 5.74) is 0.505. The Balaban J connectivity index is 1.87. The summed E-state index contributed by atoms with van der Waals surface area (Å²) in [6.07, 6.45) is -8.00. The van der Waals surface area contributed by atoms with Gasteiger partial charge < -0.3 is 29.2 Å². The van der Waals surface area contributed by atoms with E-state index in [2.05, 4.69) is 0 Å². The highest BCUT2D eigenvalue weighted by Gasteiger charge is 2.45. The minimum atomic E-state index is -1.93. The molecule has 1 aromatic heterocycles. The van der Waals surface area contributed by atoms with Crippen LogP contribution in [0, 0.1) is 6.92 Å². The predicted octanol–water partition coefficient (Wildman–Crippen LogP) is 0.257. The molecule has 1 saturated heterocycles. The number of aliphatic hydroxyl groups excluding tert-OH is 3. The van der Waals surface area contributed by atoms with Gasteiger partial charge in [-0.2, -0.15) is 0 Å². The second-order valence-electron chi connectivity index (χ2n) is 5.68. The van der Waals surface area contributed by atoms with Crippen molar-refractivity contribution in [3.63, 3.8) is 0 Å². The van der Waals surface area contributed by atoms with Gasteiger partial charge in [0.15, 0.2) is 6.17 Å². The fourth-order valence-electron chi connectivity index (χ4n) is 2.65. The van der Waals surface area contributed by atoms with Crippen LogP contribution in [0.1, 0.15) is 5.56 Å². The Morgan fingerprint density at radius 2 is 2.00 bits per heavy atom. The second-order valence-corrected chi connectivity index (χ2v) is 5.68. The van der Waals surface area contributed by atoms with Crippen LogP contribution in [0.3, 0.4) is 0 Å². The van der Waals surface area contributed by atoms with Crippen molar-refractivity contribution >= 4 is 11.0 Å². The summed E-state index contributed by atoms with van der Waals surface area (Å²) in [7, 11) is 0. The van der Waals surface area contributed by atoms with Crippen molar-refractivity contribution in [2.24, 2.45) is 0 Å². The van der Waals surface area contributed by atoms with E-state index in [0.717, 1.165) is 5.56 Å². The van der Waals surface area contributed by atoms with Gasteiger partial charge in [0.25, 0.3) is 0 Å². The lowest BCUT2D eigenvalue weighted by Gasteiger charge is -2.38. The maximum atomic E-state index is 13.7. The van der Waals surface area contributed by atoms with E-state index in [1.165, 1.54) is 12.1 Å². The summed E-state index contributed by atoms with van der Waals surface area (Å²) in [6, 6.07) is 6.02. The van der Waals surface area contributed by atoms with E-state index in [1.807, 2.05) is 0 Å². The molecule has 2 aromatic rings. The SMILES string of the molecule is Cc1cc(=O)oc2cc(O[C@@H]3O[C@H](CO)[C@H](F)[C@H](O)[C@H]3O)ccc12. The number of hydrogen-bond donors (Lipinski definition) is 3. The Kier molecular flexibility index (Phi) is 4.55. The summed E-state index contributed by atoms with van der Waals surface area (Å²) in [6.45, 7) is 1.09. The van der Waals surface area contributed by atoms with Crippen LogP contribution in [-0.4, -0.2) is 52.7 Å². The molecule has 0 saturated carbocycles. The first kappa shape index (κ1) is 16.8. The van der Waals surface area contributed by atoms with Crippen LogP contribution in [0.25, 0.3) is 11.0 Å². The molecule has 5 atom stereocenters. The van der Waals surface area contributed by atoms with E-state index < -0.39 is 43.0 Å². The molecule has 1 aliphatic rings. The molecule has 0 spiro atoms. The highest BCUT2D eigenvalue weighted by Crippen LogP contribution is 2.28. The quantitative estimate of drug-likeness (QED) is 0.688. The molecule has 0 bridgehead atoms. The maximum absolute atomic E-state index is 13.7. The van der Waals surface area contributed by atoms with Gasteiger partial charge in [-0.05, 0) is 24.6 Å². The molecule has 130 valence electrons. The lowest BCUT2D eigenvalue weighted by molar-refractivity contribution is -0.265. The summed E-state index contributed by atoms with van der Waals surface area (Å²) in [5.74, 6) is 0.196. The van der Waals surface area contributed by atoms with E-state index in [0.29, 0.717) is 5.39 Å². The number of hydrogen-bond acceptors (Lipinski definition) is 7. The molecule has 3 rings (SSSR count). The number of halogens is 1. The maximum Gasteiger partial charge on any atom is 0.336 e. The Hall–Kier alpha value is -2.00. The minimum absolute atomic E-state index is 0.196. The van der Waals surface area contributed by atoms with Gasteiger partial charge in [-0.25, -0.2) is 9.18 Å². The largest absolute Gasteiger partial charge is 0.462 e. The first-order valence-corrected chi connectivity index (χ1v) is 7.38. The van der Waals surface area contributed by atoms with Crippen molar-refractivity contribution in [1.29, 1.82) is 0 Å². The van der Waals surface area contributed by atoms with Crippen molar-refractivity contribution in [3.8, 4) is 5.75 Å². The van der Waals surface area contributed by atoms with Gasteiger partial charge in [-0.3, -0.25) is 0 Å². The average Bonchev–Trinajstić information content (AvgIpc) is 2.55. The molecule has 1 aromatic carbocycles. The van der Waals surface area contributed by atoms with Gasteiger partial charge in [0.1, 0.15) is 29.6 Å². The standard InChI is InChI=1S/C16H17FO7/c1-7-4-12(19)23-10-5-8(2-3-9(7)10)22-16-15(21)14(20)13(17)11(6-18)24-16/h2-5,11,13-16,18,20-21H,6H2,1H3/t11-,13+,14+,15-,16-/m1/s1. The Labute approximate surface area is 135 Å². The molecule has 0 amide bonds. The minimum Gasteiger partial charge on any atom is -0.462 e. The Morgan fingerprint density at radius 3 is 2.71 bits per heavy atom. The van der Waals surface area contributed by atoms with Crippen molar-refractivity contribution in [2.75, 3.05) is 6.61 Å². The van der Waals surface area contributed by atoms with E-state index in [-0.39, 0.29) is 11.3 Å². The summed E-state index contributed by atoms with van der Waals surface area (Å²) in [4.78, 5) is 11.4. The zero-order valence-electron chi connectivity index (χ0n) is 12.8.